The summed E-state index contributed by atoms with van der Waals surface area (Å²) >= 11 is 11.5. The summed E-state index contributed by atoms with van der Waals surface area (Å²) in [6, 6.07) is 7.08. The lowest BCUT2D eigenvalue weighted by molar-refractivity contribution is -0.384. The van der Waals surface area contributed by atoms with Gasteiger partial charge in [-0.2, -0.15) is 0 Å². The van der Waals surface area contributed by atoms with Crippen LogP contribution < -0.4 is 5.32 Å². The number of ether oxygens (including phenoxy) is 1. The fourth-order valence-corrected chi connectivity index (χ4v) is 2.26. The van der Waals surface area contributed by atoms with E-state index in [2.05, 4.69) is 5.32 Å². The Morgan fingerprint density at radius 2 is 1.92 bits per heavy atom. The number of nitrogens with zero attached hydrogens (tertiary/aromatic N) is 1. The van der Waals surface area contributed by atoms with E-state index in [9.17, 15) is 24.1 Å². The Morgan fingerprint density at radius 3 is 2.52 bits per heavy atom. The maximum Gasteiger partial charge on any atom is 0.343 e. The average Bonchev–Trinajstić information content (AvgIpc) is 2.54. The molecule has 1 amide bonds. The molecular weight excluding hydrogens is 378 g/mol. The minimum Gasteiger partial charge on any atom is -0.452 e. The Bertz CT molecular complexity index is 840. The van der Waals surface area contributed by atoms with Crippen LogP contribution in [0.15, 0.2) is 36.4 Å². The normalized spacial score (nSPS) is 10.2. The molecule has 0 radical (unpaired) electrons. The molecule has 0 bridgehead atoms. The van der Waals surface area contributed by atoms with E-state index in [0.29, 0.717) is 0 Å². The SMILES string of the molecule is O=C(COC(=O)c1c(F)cccc1Cl)Nc1ccc([N+](=O)[O-])cc1Cl. The highest BCUT2D eigenvalue weighted by molar-refractivity contribution is 6.34. The number of anilines is 1. The molecule has 0 aliphatic rings. The van der Waals surface area contributed by atoms with Gasteiger partial charge in [0.2, 0.25) is 0 Å². The van der Waals surface area contributed by atoms with E-state index in [1.54, 1.807) is 0 Å². The van der Waals surface area contributed by atoms with Crippen molar-refractivity contribution in [3.8, 4) is 0 Å². The van der Waals surface area contributed by atoms with Crippen LogP contribution in [0.2, 0.25) is 10.0 Å². The topological polar surface area (TPSA) is 98.5 Å². The van der Waals surface area contributed by atoms with Crippen LogP contribution in [0.5, 0.6) is 0 Å². The zero-order valence-electron chi connectivity index (χ0n) is 12.3. The summed E-state index contributed by atoms with van der Waals surface area (Å²) in [4.78, 5) is 33.6. The van der Waals surface area contributed by atoms with E-state index in [1.165, 1.54) is 18.2 Å². The van der Waals surface area contributed by atoms with E-state index in [1.807, 2.05) is 0 Å². The van der Waals surface area contributed by atoms with Gasteiger partial charge in [0, 0.05) is 12.1 Å². The van der Waals surface area contributed by atoms with E-state index in [4.69, 9.17) is 27.9 Å². The van der Waals surface area contributed by atoms with E-state index in [-0.39, 0.29) is 21.4 Å². The largest absolute Gasteiger partial charge is 0.452 e. The molecule has 0 atom stereocenters. The Balaban J connectivity index is 1.99. The number of benzene rings is 2. The van der Waals surface area contributed by atoms with E-state index >= 15 is 0 Å². The number of nitro groups is 1. The molecule has 0 fully saturated rings. The van der Waals surface area contributed by atoms with Crippen molar-refractivity contribution in [2.24, 2.45) is 0 Å². The van der Waals surface area contributed by atoms with Gasteiger partial charge in [0.15, 0.2) is 6.61 Å². The first kappa shape index (κ1) is 18.6. The molecule has 0 aliphatic heterocycles. The smallest absolute Gasteiger partial charge is 0.343 e. The van der Waals surface area contributed by atoms with Gasteiger partial charge < -0.3 is 10.1 Å². The van der Waals surface area contributed by atoms with Gasteiger partial charge in [-0.15, -0.1) is 0 Å². The molecule has 0 saturated heterocycles. The van der Waals surface area contributed by atoms with Crippen LogP contribution >= 0.6 is 23.2 Å². The van der Waals surface area contributed by atoms with Crippen molar-refractivity contribution in [3.63, 3.8) is 0 Å². The van der Waals surface area contributed by atoms with Crippen LogP contribution in [0, 0.1) is 15.9 Å². The van der Waals surface area contributed by atoms with Crippen LogP contribution in [0.3, 0.4) is 0 Å². The van der Waals surface area contributed by atoms with E-state index < -0.39 is 34.8 Å². The molecule has 130 valence electrons. The zero-order chi connectivity index (χ0) is 18.6. The second kappa shape index (κ2) is 7.91. The maximum atomic E-state index is 13.6. The van der Waals surface area contributed by atoms with Crippen LogP contribution in [0.1, 0.15) is 10.4 Å². The van der Waals surface area contributed by atoms with Gasteiger partial charge in [0.1, 0.15) is 11.4 Å². The second-order valence-corrected chi connectivity index (χ2v) is 5.46. The molecular formula is C15H9Cl2FN2O5. The van der Waals surface area contributed by atoms with Crippen molar-refractivity contribution in [3.05, 3.63) is 67.9 Å². The minimum absolute atomic E-state index is 0.0639. The number of esters is 1. The third-order valence-corrected chi connectivity index (χ3v) is 3.57. The van der Waals surface area contributed by atoms with Gasteiger partial charge in [0.05, 0.1) is 20.7 Å². The Labute approximate surface area is 150 Å². The molecule has 2 aromatic carbocycles. The molecule has 7 nitrogen and oxygen atoms in total. The summed E-state index contributed by atoms with van der Waals surface area (Å²) in [6.07, 6.45) is 0. The average molecular weight is 387 g/mol. The molecule has 0 heterocycles. The third kappa shape index (κ3) is 4.65. The van der Waals surface area contributed by atoms with Crippen molar-refractivity contribution in [1.82, 2.24) is 0 Å². The lowest BCUT2D eigenvalue weighted by Gasteiger charge is -2.09. The fraction of sp³-hybridized carbons (Fsp3) is 0.0667. The monoisotopic (exact) mass is 386 g/mol. The number of halogens is 3. The number of carbonyl (C=O) groups excluding carboxylic acids is 2. The second-order valence-electron chi connectivity index (χ2n) is 4.64. The van der Waals surface area contributed by atoms with Crippen molar-refractivity contribution in [2.45, 2.75) is 0 Å². The van der Waals surface area contributed by atoms with Crippen molar-refractivity contribution >= 4 is 46.5 Å². The molecule has 0 spiro atoms. The molecule has 0 aliphatic carbocycles. The first-order valence-electron chi connectivity index (χ1n) is 6.64. The maximum absolute atomic E-state index is 13.6. The first-order valence-corrected chi connectivity index (χ1v) is 7.40. The molecule has 0 unspecified atom stereocenters. The van der Waals surface area contributed by atoms with Crippen LogP contribution in [0.4, 0.5) is 15.8 Å². The van der Waals surface area contributed by atoms with Gasteiger partial charge in [-0.1, -0.05) is 29.3 Å². The number of nitrogens with one attached hydrogen (secondary N) is 1. The van der Waals surface area contributed by atoms with Crippen molar-refractivity contribution < 1.29 is 23.6 Å². The van der Waals surface area contributed by atoms with Crippen molar-refractivity contribution in [2.75, 3.05) is 11.9 Å². The number of non-ortho nitro benzene ring substituents is 1. The Kier molecular flexibility index (Phi) is 5.89. The van der Waals surface area contributed by atoms with Gasteiger partial charge in [0.25, 0.3) is 11.6 Å². The summed E-state index contributed by atoms with van der Waals surface area (Å²) in [5.74, 6) is -2.75. The number of hydrogen-bond donors (Lipinski definition) is 1. The fourth-order valence-electron chi connectivity index (χ4n) is 1.80. The van der Waals surface area contributed by atoms with E-state index in [0.717, 1.165) is 18.2 Å². The summed E-state index contributed by atoms with van der Waals surface area (Å²) in [6.45, 7) is -0.725. The highest BCUT2D eigenvalue weighted by Gasteiger charge is 2.19. The predicted octanol–water partition coefficient (Wildman–Crippen LogP) is 3.84. The number of hydrogen-bond acceptors (Lipinski definition) is 5. The lowest BCUT2D eigenvalue weighted by atomic mass is 10.2. The predicted molar refractivity (Wildman–Crippen MR) is 88.4 cm³/mol. The van der Waals surface area contributed by atoms with Crippen LogP contribution in [0.25, 0.3) is 0 Å². The standard InChI is InChI=1S/C15H9Cl2FN2O5/c16-9-2-1-3-11(18)14(9)15(22)25-7-13(21)19-12-5-4-8(20(23)24)6-10(12)17/h1-6H,7H2,(H,19,21). The quantitative estimate of drug-likeness (QED) is 0.478. The third-order valence-electron chi connectivity index (χ3n) is 2.94. The molecule has 25 heavy (non-hydrogen) atoms. The summed E-state index contributed by atoms with van der Waals surface area (Å²) in [5, 5.41) is 12.7. The summed E-state index contributed by atoms with van der Waals surface area (Å²) < 4.78 is 18.3. The molecule has 0 aromatic heterocycles. The van der Waals surface area contributed by atoms with Gasteiger partial charge in [-0.05, 0) is 18.2 Å². The molecule has 2 aromatic rings. The van der Waals surface area contributed by atoms with Gasteiger partial charge in [-0.3, -0.25) is 14.9 Å². The Hall–Kier alpha value is -2.71. The number of rotatable bonds is 5. The molecule has 2 rings (SSSR count). The molecule has 10 heteroatoms. The minimum atomic E-state index is -1.10. The Morgan fingerprint density at radius 1 is 1.20 bits per heavy atom. The summed E-state index contributed by atoms with van der Waals surface area (Å²) in [7, 11) is 0. The number of nitro benzene ring substituents is 1. The number of carbonyl (C=O) groups is 2. The van der Waals surface area contributed by atoms with Gasteiger partial charge in [-0.25, -0.2) is 9.18 Å². The highest BCUT2D eigenvalue weighted by Crippen LogP contribution is 2.26. The molecule has 0 saturated carbocycles. The summed E-state index contributed by atoms with van der Waals surface area (Å²) in [5.41, 5.74) is -0.633. The molecule has 1 N–H and O–H groups in total. The van der Waals surface area contributed by atoms with Crippen LogP contribution in [-0.2, 0) is 9.53 Å². The van der Waals surface area contributed by atoms with Crippen LogP contribution in [-0.4, -0.2) is 23.4 Å². The zero-order valence-corrected chi connectivity index (χ0v) is 13.8. The highest BCUT2D eigenvalue weighted by atomic mass is 35.5. The van der Waals surface area contributed by atoms with Gasteiger partial charge >= 0.3 is 5.97 Å². The van der Waals surface area contributed by atoms with Crippen molar-refractivity contribution in [1.29, 1.82) is 0 Å². The lowest BCUT2D eigenvalue weighted by Crippen LogP contribution is -2.21. The number of amides is 1. The first-order chi connectivity index (χ1) is 11.8.